The standard InChI is InChI=1S/C22H24N2O4/c1-4-5-6-15-7-9-18(10-8-15)24-22(26)17(14-23)11-16-12-19(27-2)21(25)20(13-16)28-3/h7-13,25H,4-6H2,1-3H3,(H,24,26). The van der Waals surface area contributed by atoms with Crippen molar-refractivity contribution in [1.29, 1.82) is 5.26 Å². The molecule has 0 radical (unpaired) electrons. The number of rotatable bonds is 8. The molecule has 0 saturated heterocycles. The van der Waals surface area contributed by atoms with E-state index < -0.39 is 5.91 Å². The van der Waals surface area contributed by atoms with Crippen molar-refractivity contribution in [3.05, 3.63) is 53.1 Å². The van der Waals surface area contributed by atoms with Crippen LogP contribution in [0.3, 0.4) is 0 Å². The Labute approximate surface area is 165 Å². The Morgan fingerprint density at radius 3 is 2.29 bits per heavy atom. The van der Waals surface area contributed by atoms with Gasteiger partial charge in [-0.25, -0.2) is 0 Å². The minimum Gasteiger partial charge on any atom is -0.502 e. The summed E-state index contributed by atoms with van der Waals surface area (Å²) in [4.78, 5) is 12.5. The number of methoxy groups -OCH3 is 2. The van der Waals surface area contributed by atoms with E-state index in [1.54, 1.807) is 0 Å². The summed E-state index contributed by atoms with van der Waals surface area (Å²) in [6.07, 6.45) is 4.66. The maximum atomic E-state index is 12.5. The number of carbonyl (C=O) groups is 1. The van der Waals surface area contributed by atoms with E-state index in [-0.39, 0.29) is 22.8 Å². The Kier molecular flexibility index (Phi) is 7.46. The van der Waals surface area contributed by atoms with Crippen molar-refractivity contribution in [3.63, 3.8) is 0 Å². The Morgan fingerprint density at radius 1 is 1.18 bits per heavy atom. The summed E-state index contributed by atoms with van der Waals surface area (Å²) in [5.74, 6) is -0.292. The minimum atomic E-state index is -0.519. The average molecular weight is 380 g/mol. The van der Waals surface area contributed by atoms with E-state index in [0.29, 0.717) is 11.3 Å². The highest BCUT2D eigenvalue weighted by Crippen LogP contribution is 2.37. The summed E-state index contributed by atoms with van der Waals surface area (Å²) in [7, 11) is 2.81. The van der Waals surface area contributed by atoms with Crippen molar-refractivity contribution >= 4 is 17.7 Å². The molecule has 0 unspecified atom stereocenters. The first kappa shape index (κ1) is 20.8. The zero-order valence-corrected chi connectivity index (χ0v) is 16.3. The predicted octanol–water partition coefficient (Wildman–Crippen LogP) is 4.30. The second-order valence-electron chi connectivity index (χ2n) is 6.20. The van der Waals surface area contributed by atoms with Crippen LogP contribution in [0.2, 0.25) is 0 Å². The highest BCUT2D eigenvalue weighted by molar-refractivity contribution is 6.09. The summed E-state index contributed by atoms with van der Waals surface area (Å²) in [5.41, 5.74) is 2.24. The maximum Gasteiger partial charge on any atom is 0.266 e. The molecule has 2 rings (SSSR count). The normalized spacial score (nSPS) is 10.9. The lowest BCUT2D eigenvalue weighted by Gasteiger charge is -2.10. The number of hydrogen-bond donors (Lipinski definition) is 2. The lowest BCUT2D eigenvalue weighted by atomic mass is 10.1. The van der Waals surface area contributed by atoms with Gasteiger partial charge in [-0.2, -0.15) is 5.26 Å². The molecule has 0 saturated carbocycles. The van der Waals surface area contributed by atoms with Gasteiger partial charge in [-0.05, 0) is 54.3 Å². The number of nitrogens with zero attached hydrogens (tertiary/aromatic N) is 1. The van der Waals surface area contributed by atoms with Crippen LogP contribution >= 0.6 is 0 Å². The Balaban J connectivity index is 2.20. The molecule has 0 aliphatic heterocycles. The van der Waals surface area contributed by atoms with Crippen molar-refractivity contribution in [1.82, 2.24) is 0 Å². The lowest BCUT2D eigenvalue weighted by Crippen LogP contribution is -2.13. The first-order chi connectivity index (χ1) is 13.5. The van der Waals surface area contributed by atoms with Gasteiger partial charge in [0.15, 0.2) is 11.5 Å². The second-order valence-corrected chi connectivity index (χ2v) is 6.20. The molecule has 0 aromatic heterocycles. The molecule has 2 N–H and O–H groups in total. The Hall–Kier alpha value is -3.46. The molecule has 6 heteroatoms. The molecule has 2 aromatic carbocycles. The van der Waals surface area contributed by atoms with Gasteiger partial charge in [-0.1, -0.05) is 25.5 Å². The number of amides is 1. The van der Waals surface area contributed by atoms with E-state index >= 15 is 0 Å². The first-order valence-electron chi connectivity index (χ1n) is 8.99. The molecule has 0 atom stereocenters. The van der Waals surface area contributed by atoms with E-state index in [2.05, 4.69) is 12.2 Å². The number of anilines is 1. The summed E-state index contributed by atoms with van der Waals surface area (Å²) in [5, 5.41) is 22.1. The topological polar surface area (TPSA) is 91.6 Å². The fourth-order valence-corrected chi connectivity index (χ4v) is 2.65. The van der Waals surface area contributed by atoms with Crippen LogP contribution < -0.4 is 14.8 Å². The Morgan fingerprint density at radius 2 is 1.79 bits per heavy atom. The largest absolute Gasteiger partial charge is 0.502 e. The van der Waals surface area contributed by atoms with Gasteiger partial charge in [-0.15, -0.1) is 0 Å². The molecule has 28 heavy (non-hydrogen) atoms. The number of unbranched alkanes of at least 4 members (excludes halogenated alkanes) is 1. The van der Waals surface area contributed by atoms with Gasteiger partial charge in [0.25, 0.3) is 5.91 Å². The number of phenolic OH excluding ortho intramolecular Hbond substituents is 1. The van der Waals surface area contributed by atoms with Gasteiger partial charge < -0.3 is 19.9 Å². The molecule has 0 fully saturated rings. The summed E-state index contributed by atoms with van der Waals surface area (Å²) in [6.45, 7) is 2.14. The van der Waals surface area contributed by atoms with E-state index in [0.717, 1.165) is 19.3 Å². The number of aryl methyl sites for hydroxylation is 1. The zero-order valence-electron chi connectivity index (χ0n) is 16.3. The van der Waals surface area contributed by atoms with Crippen LogP contribution in [-0.4, -0.2) is 25.2 Å². The number of nitrogens with one attached hydrogen (secondary N) is 1. The van der Waals surface area contributed by atoms with Gasteiger partial charge in [0, 0.05) is 5.69 Å². The van der Waals surface area contributed by atoms with Crippen LogP contribution in [0.5, 0.6) is 17.2 Å². The number of hydrogen-bond acceptors (Lipinski definition) is 5. The van der Waals surface area contributed by atoms with Crippen molar-refractivity contribution in [2.45, 2.75) is 26.2 Å². The highest BCUT2D eigenvalue weighted by atomic mass is 16.5. The number of carbonyl (C=O) groups excluding carboxylic acids is 1. The fourth-order valence-electron chi connectivity index (χ4n) is 2.65. The van der Waals surface area contributed by atoms with E-state index in [9.17, 15) is 15.2 Å². The van der Waals surface area contributed by atoms with Crippen LogP contribution in [-0.2, 0) is 11.2 Å². The number of ether oxygens (including phenoxy) is 2. The molecular weight excluding hydrogens is 356 g/mol. The van der Waals surface area contributed by atoms with Crippen molar-refractivity contribution < 1.29 is 19.4 Å². The minimum absolute atomic E-state index is 0.0788. The third-order valence-electron chi connectivity index (χ3n) is 4.21. The molecule has 0 aliphatic carbocycles. The first-order valence-corrected chi connectivity index (χ1v) is 8.99. The lowest BCUT2D eigenvalue weighted by molar-refractivity contribution is -0.112. The molecule has 0 aliphatic rings. The SMILES string of the molecule is CCCCc1ccc(NC(=O)C(C#N)=Cc2cc(OC)c(O)c(OC)c2)cc1. The second kappa shape index (κ2) is 10.0. The van der Waals surface area contributed by atoms with Crippen LogP contribution in [0.25, 0.3) is 6.08 Å². The van der Waals surface area contributed by atoms with Crippen LogP contribution in [0.15, 0.2) is 42.0 Å². The van der Waals surface area contributed by atoms with E-state index in [4.69, 9.17) is 9.47 Å². The van der Waals surface area contributed by atoms with Gasteiger partial charge in [-0.3, -0.25) is 4.79 Å². The number of aromatic hydroxyl groups is 1. The summed E-state index contributed by atoms with van der Waals surface area (Å²) in [6, 6.07) is 12.5. The van der Waals surface area contributed by atoms with Gasteiger partial charge in [0.1, 0.15) is 11.6 Å². The molecule has 2 aromatic rings. The third kappa shape index (κ3) is 5.27. The van der Waals surface area contributed by atoms with Crippen LogP contribution in [0.4, 0.5) is 5.69 Å². The van der Waals surface area contributed by atoms with Crippen LogP contribution in [0.1, 0.15) is 30.9 Å². The number of benzene rings is 2. The average Bonchev–Trinajstić information content (AvgIpc) is 2.72. The van der Waals surface area contributed by atoms with Gasteiger partial charge in [0.05, 0.1) is 14.2 Å². The fraction of sp³-hybridized carbons (Fsp3) is 0.273. The molecule has 0 spiro atoms. The molecule has 0 bridgehead atoms. The van der Waals surface area contributed by atoms with Crippen molar-refractivity contribution in [2.24, 2.45) is 0 Å². The smallest absolute Gasteiger partial charge is 0.266 e. The van der Waals surface area contributed by atoms with Gasteiger partial charge >= 0.3 is 0 Å². The number of nitriles is 1. The maximum absolute atomic E-state index is 12.5. The highest BCUT2D eigenvalue weighted by Gasteiger charge is 2.14. The van der Waals surface area contributed by atoms with Gasteiger partial charge in [0.2, 0.25) is 5.75 Å². The molecule has 6 nitrogen and oxygen atoms in total. The molecular formula is C22H24N2O4. The number of phenols is 1. The monoisotopic (exact) mass is 380 g/mol. The third-order valence-corrected chi connectivity index (χ3v) is 4.21. The summed E-state index contributed by atoms with van der Waals surface area (Å²) < 4.78 is 10.2. The zero-order chi connectivity index (χ0) is 20.5. The van der Waals surface area contributed by atoms with Crippen LogP contribution in [0, 0.1) is 11.3 Å². The van der Waals surface area contributed by atoms with E-state index in [1.807, 2.05) is 30.3 Å². The molecule has 1 amide bonds. The predicted molar refractivity (Wildman–Crippen MR) is 108 cm³/mol. The molecule has 0 heterocycles. The van der Waals surface area contributed by atoms with E-state index in [1.165, 1.54) is 38.0 Å². The van der Waals surface area contributed by atoms with Crippen molar-refractivity contribution in [2.75, 3.05) is 19.5 Å². The quantitative estimate of drug-likeness (QED) is 0.526. The molecule has 146 valence electrons. The Bertz CT molecular complexity index is 871. The summed E-state index contributed by atoms with van der Waals surface area (Å²) >= 11 is 0. The van der Waals surface area contributed by atoms with Crippen molar-refractivity contribution in [3.8, 4) is 23.3 Å².